The third-order valence-corrected chi connectivity index (χ3v) is 9.17. The summed E-state index contributed by atoms with van der Waals surface area (Å²) in [6.45, 7) is 7.14. The summed E-state index contributed by atoms with van der Waals surface area (Å²) in [4.78, 5) is 26.0. The van der Waals surface area contributed by atoms with Gasteiger partial charge in [-0.2, -0.15) is 0 Å². The van der Waals surface area contributed by atoms with E-state index in [1.807, 2.05) is 30.3 Å². The molecule has 10 heteroatoms. The van der Waals surface area contributed by atoms with Gasteiger partial charge in [-0.15, -0.1) is 0 Å². The third kappa shape index (κ3) is 5.37. The maximum atomic E-state index is 14.3. The first-order valence-corrected chi connectivity index (χ1v) is 14.5. The number of nitrogens with one attached hydrogen (secondary N) is 3. The lowest BCUT2D eigenvalue weighted by atomic mass is 9.63. The van der Waals surface area contributed by atoms with Crippen molar-refractivity contribution in [2.24, 2.45) is 11.1 Å². The van der Waals surface area contributed by atoms with Crippen LogP contribution in [0.1, 0.15) is 54.6 Å². The fourth-order valence-corrected chi connectivity index (χ4v) is 7.02. The predicted molar refractivity (Wildman–Crippen MR) is 166 cm³/mol. The van der Waals surface area contributed by atoms with Crippen LogP contribution in [0.25, 0.3) is 0 Å². The van der Waals surface area contributed by atoms with Crippen molar-refractivity contribution < 1.29 is 14.3 Å². The standard InChI is InChI=1S/C31H33Cl3N4O3/c1-30(2,3)14-24-31(15-36-22-13-17(32)9-10-19(22)31)25(18-6-5-7-20(33)26(18)34)27(38-24)29(40)37-21-11-8-16(28(35)39)12-23(21)41-4/h5-13,24-25,27,36,38H,14-15H2,1-4H3,(H2,35,39)(H,37,40)/t24?,25-,27+,31-/m0/s1. The van der Waals surface area contributed by atoms with E-state index in [0.29, 0.717) is 33.0 Å². The van der Waals surface area contributed by atoms with Gasteiger partial charge in [-0.3, -0.25) is 9.59 Å². The lowest BCUT2D eigenvalue weighted by Gasteiger charge is -2.39. The Morgan fingerprint density at radius 3 is 2.54 bits per heavy atom. The van der Waals surface area contributed by atoms with Crippen LogP contribution in [0.4, 0.5) is 11.4 Å². The zero-order chi connectivity index (χ0) is 29.7. The van der Waals surface area contributed by atoms with Crippen molar-refractivity contribution in [3.8, 4) is 5.75 Å². The molecule has 0 aromatic heterocycles. The summed E-state index contributed by atoms with van der Waals surface area (Å²) < 4.78 is 5.48. The maximum absolute atomic E-state index is 14.3. The van der Waals surface area contributed by atoms with Gasteiger partial charge in [0.2, 0.25) is 11.8 Å². The number of halogens is 3. The van der Waals surface area contributed by atoms with Crippen LogP contribution in [0.2, 0.25) is 15.1 Å². The Morgan fingerprint density at radius 1 is 1.10 bits per heavy atom. The molecule has 5 rings (SSSR count). The molecule has 4 atom stereocenters. The van der Waals surface area contributed by atoms with Gasteiger partial charge in [-0.05, 0) is 59.4 Å². The topological polar surface area (TPSA) is 105 Å². The number of methoxy groups -OCH3 is 1. The van der Waals surface area contributed by atoms with Gasteiger partial charge in [0.25, 0.3) is 0 Å². The van der Waals surface area contributed by atoms with Crippen LogP contribution in [0.15, 0.2) is 54.6 Å². The fourth-order valence-electron chi connectivity index (χ4n) is 6.43. The van der Waals surface area contributed by atoms with Gasteiger partial charge in [0.05, 0.1) is 28.9 Å². The van der Waals surface area contributed by atoms with Gasteiger partial charge in [0.15, 0.2) is 0 Å². The molecular formula is C31H33Cl3N4O3. The number of anilines is 2. The second kappa shape index (κ2) is 11.0. The van der Waals surface area contributed by atoms with Gasteiger partial charge in [0, 0.05) is 40.2 Å². The Labute approximate surface area is 255 Å². The molecule has 216 valence electrons. The lowest BCUT2D eigenvalue weighted by molar-refractivity contribution is -0.118. The van der Waals surface area contributed by atoms with Gasteiger partial charge < -0.3 is 26.4 Å². The van der Waals surface area contributed by atoms with Crippen molar-refractivity contribution in [1.82, 2.24) is 5.32 Å². The Hall–Kier alpha value is -2.97. The highest BCUT2D eigenvalue weighted by molar-refractivity contribution is 6.42. The summed E-state index contributed by atoms with van der Waals surface area (Å²) in [5.41, 5.74) is 8.33. The highest BCUT2D eigenvalue weighted by Gasteiger charge is 2.61. The van der Waals surface area contributed by atoms with E-state index in [4.69, 9.17) is 45.3 Å². The molecule has 0 bridgehead atoms. The average Bonchev–Trinajstić information content (AvgIpc) is 3.43. The molecule has 0 radical (unpaired) electrons. The number of benzene rings is 3. The average molecular weight is 616 g/mol. The van der Waals surface area contributed by atoms with E-state index in [2.05, 4.69) is 36.7 Å². The first-order chi connectivity index (χ1) is 19.4. The van der Waals surface area contributed by atoms with Crippen molar-refractivity contribution >= 4 is 58.0 Å². The van der Waals surface area contributed by atoms with Gasteiger partial charge in [-0.25, -0.2) is 0 Å². The van der Waals surface area contributed by atoms with Crippen LogP contribution in [0.5, 0.6) is 5.75 Å². The van der Waals surface area contributed by atoms with Gasteiger partial charge in [0.1, 0.15) is 5.75 Å². The van der Waals surface area contributed by atoms with E-state index in [9.17, 15) is 9.59 Å². The number of hydrogen-bond acceptors (Lipinski definition) is 5. The van der Waals surface area contributed by atoms with E-state index < -0.39 is 23.3 Å². The second-order valence-corrected chi connectivity index (χ2v) is 13.2. The molecule has 0 aliphatic carbocycles. The molecule has 3 aromatic rings. The fraction of sp³-hybridized carbons (Fsp3) is 0.355. The molecule has 2 heterocycles. The minimum absolute atomic E-state index is 0.0539. The van der Waals surface area contributed by atoms with Crippen LogP contribution in [0.3, 0.4) is 0 Å². The number of amides is 2. The molecular weight excluding hydrogens is 583 g/mol. The molecule has 2 aliphatic rings. The highest BCUT2D eigenvalue weighted by atomic mass is 35.5. The minimum atomic E-state index is -0.692. The van der Waals surface area contributed by atoms with Crippen LogP contribution in [-0.4, -0.2) is 37.6 Å². The normalized spacial score (nSPS) is 23.2. The number of fused-ring (bicyclic) bond motifs is 2. The monoisotopic (exact) mass is 614 g/mol. The number of rotatable bonds is 6. The molecule has 2 amide bonds. The molecule has 1 fully saturated rings. The second-order valence-electron chi connectivity index (χ2n) is 11.9. The smallest absolute Gasteiger partial charge is 0.248 e. The van der Waals surface area contributed by atoms with Crippen LogP contribution >= 0.6 is 34.8 Å². The Balaban J connectivity index is 1.66. The van der Waals surface area contributed by atoms with Crippen LogP contribution in [-0.2, 0) is 10.2 Å². The maximum Gasteiger partial charge on any atom is 0.248 e. The molecule has 1 spiro atoms. The number of ether oxygens (including phenoxy) is 1. The molecule has 41 heavy (non-hydrogen) atoms. The van der Waals surface area contributed by atoms with Crippen LogP contribution in [0, 0.1) is 5.41 Å². The molecule has 2 aliphatic heterocycles. The molecule has 1 unspecified atom stereocenters. The molecule has 0 saturated carbocycles. The van der Waals surface area contributed by atoms with Gasteiger partial charge in [-0.1, -0.05) is 73.8 Å². The largest absolute Gasteiger partial charge is 0.495 e. The summed E-state index contributed by atoms with van der Waals surface area (Å²) in [7, 11) is 1.47. The molecule has 7 nitrogen and oxygen atoms in total. The van der Waals surface area contributed by atoms with Crippen molar-refractivity contribution in [2.45, 2.75) is 50.6 Å². The lowest BCUT2D eigenvalue weighted by Crippen LogP contribution is -2.46. The zero-order valence-electron chi connectivity index (χ0n) is 23.3. The Kier molecular flexibility index (Phi) is 7.94. The van der Waals surface area contributed by atoms with E-state index in [1.54, 1.807) is 18.2 Å². The Bertz CT molecular complexity index is 1520. The third-order valence-electron chi connectivity index (χ3n) is 8.10. The van der Waals surface area contributed by atoms with E-state index in [0.717, 1.165) is 23.2 Å². The summed E-state index contributed by atoms with van der Waals surface area (Å²) in [5, 5.41) is 11.8. The van der Waals surface area contributed by atoms with Crippen molar-refractivity contribution in [1.29, 1.82) is 0 Å². The number of primary amides is 1. The first-order valence-electron chi connectivity index (χ1n) is 13.4. The van der Waals surface area contributed by atoms with Crippen molar-refractivity contribution in [3.63, 3.8) is 0 Å². The minimum Gasteiger partial charge on any atom is -0.495 e. The van der Waals surface area contributed by atoms with Gasteiger partial charge >= 0.3 is 0 Å². The SMILES string of the molecule is COc1cc(C(N)=O)ccc1NC(=O)[C@@H]1NC(CC(C)(C)C)[C@@]2(CNc3cc(Cl)ccc32)[C@H]1c1cccc(Cl)c1Cl. The van der Waals surface area contributed by atoms with E-state index in [-0.39, 0.29) is 22.9 Å². The van der Waals surface area contributed by atoms with E-state index >= 15 is 0 Å². The number of hydrogen-bond donors (Lipinski definition) is 4. The van der Waals surface area contributed by atoms with Crippen LogP contribution < -0.4 is 26.4 Å². The van der Waals surface area contributed by atoms with E-state index in [1.165, 1.54) is 13.2 Å². The predicted octanol–water partition coefficient (Wildman–Crippen LogP) is 6.62. The Morgan fingerprint density at radius 2 is 1.85 bits per heavy atom. The molecule has 1 saturated heterocycles. The number of carbonyl (C=O) groups excluding carboxylic acids is 2. The zero-order valence-corrected chi connectivity index (χ0v) is 25.5. The molecule has 3 aromatic carbocycles. The van der Waals surface area contributed by atoms with Crippen molar-refractivity contribution in [3.05, 3.63) is 86.4 Å². The molecule has 5 N–H and O–H groups in total. The summed E-state index contributed by atoms with van der Waals surface area (Å²) in [6.07, 6.45) is 0.784. The first kappa shape index (κ1) is 29.5. The van der Waals surface area contributed by atoms with Crippen molar-refractivity contribution in [2.75, 3.05) is 24.3 Å². The summed E-state index contributed by atoms with van der Waals surface area (Å²) in [5.74, 6) is -0.927. The quantitative estimate of drug-likeness (QED) is 0.250. The number of nitrogens with two attached hydrogens (primary N) is 1. The highest BCUT2D eigenvalue weighted by Crippen LogP contribution is 2.57. The summed E-state index contributed by atoms with van der Waals surface area (Å²) >= 11 is 19.8. The number of carbonyl (C=O) groups is 2. The summed E-state index contributed by atoms with van der Waals surface area (Å²) in [6, 6.07) is 15.3.